The van der Waals surface area contributed by atoms with Gasteiger partial charge in [0.1, 0.15) is 11.1 Å². The molecule has 0 saturated carbocycles. The lowest BCUT2D eigenvalue weighted by molar-refractivity contribution is -0.140. The van der Waals surface area contributed by atoms with Crippen LogP contribution in [0.15, 0.2) is 5.38 Å². The Hall–Kier alpha value is -1.51. The summed E-state index contributed by atoms with van der Waals surface area (Å²) in [7, 11) is 3.98. The predicted octanol–water partition coefficient (Wildman–Crippen LogP) is 4.28. The van der Waals surface area contributed by atoms with E-state index in [0.29, 0.717) is 23.3 Å². The van der Waals surface area contributed by atoms with Crippen molar-refractivity contribution in [3.63, 3.8) is 0 Å². The smallest absolute Gasteiger partial charge is 0.355 e. The van der Waals surface area contributed by atoms with Gasteiger partial charge >= 0.3 is 5.97 Å². The van der Waals surface area contributed by atoms with E-state index in [1.807, 2.05) is 19.0 Å². The van der Waals surface area contributed by atoms with Crippen LogP contribution in [0, 0.1) is 17.8 Å². The van der Waals surface area contributed by atoms with Crippen molar-refractivity contribution in [2.75, 3.05) is 20.6 Å². The van der Waals surface area contributed by atoms with E-state index in [2.05, 4.69) is 37.6 Å². The number of carbonyl (C=O) groups is 2. The average Bonchev–Trinajstić information content (AvgIpc) is 3.26. The lowest BCUT2D eigenvalue weighted by atomic mass is 9.80. The summed E-state index contributed by atoms with van der Waals surface area (Å²) in [6, 6.07) is 0.0430. The minimum Gasteiger partial charge on any atom is -0.476 e. The number of likely N-dealkylation sites (tertiary alicyclic amines) is 1. The summed E-state index contributed by atoms with van der Waals surface area (Å²) < 4.78 is 0. The van der Waals surface area contributed by atoms with Gasteiger partial charge in [-0.15, -0.1) is 11.3 Å². The van der Waals surface area contributed by atoms with E-state index < -0.39 is 12.1 Å². The van der Waals surface area contributed by atoms with Crippen molar-refractivity contribution in [3.8, 4) is 0 Å². The lowest BCUT2D eigenvalue weighted by Crippen LogP contribution is -2.52. The molecule has 2 heterocycles. The molecule has 1 saturated heterocycles. The van der Waals surface area contributed by atoms with Crippen molar-refractivity contribution < 1.29 is 19.8 Å². The van der Waals surface area contributed by atoms with Gasteiger partial charge in [0.15, 0.2) is 5.69 Å². The zero-order valence-electron chi connectivity index (χ0n) is 20.5. The van der Waals surface area contributed by atoms with Crippen LogP contribution in [0.3, 0.4) is 0 Å². The van der Waals surface area contributed by atoms with Gasteiger partial charge in [0.2, 0.25) is 5.91 Å². The van der Waals surface area contributed by atoms with Crippen LogP contribution in [-0.2, 0) is 4.79 Å². The molecule has 0 aromatic carbocycles. The Labute approximate surface area is 196 Å². The number of aliphatic hydroxyl groups is 1. The quantitative estimate of drug-likeness (QED) is 0.504. The summed E-state index contributed by atoms with van der Waals surface area (Å²) in [6.07, 6.45) is 4.63. The molecule has 7 nitrogen and oxygen atoms in total. The average molecular weight is 468 g/mol. The van der Waals surface area contributed by atoms with E-state index in [-0.39, 0.29) is 29.6 Å². The lowest BCUT2D eigenvalue weighted by Gasteiger charge is -2.41. The van der Waals surface area contributed by atoms with E-state index in [4.69, 9.17) is 5.11 Å². The summed E-state index contributed by atoms with van der Waals surface area (Å²) in [6.45, 7) is 9.61. The Bertz CT molecular complexity index is 753. The molecule has 1 amide bonds. The van der Waals surface area contributed by atoms with E-state index in [1.54, 1.807) is 0 Å². The number of aliphatic hydroxyl groups excluding tert-OH is 1. The first-order valence-electron chi connectivity index (χ1n) is 11.9. The van der Waals surface area contributed by atoms with Crippen molar-refractivity contribution in [1.29, 1.82) is 0 Å². The number of nitrogens with zero attached hydrogens (tertiary/aromatic N) is 3. The molecule has 2 rings (SSSR count). The Morgan fingerprint density at radius 3 is 2.50 bits per heavy atom. The maximum Gasteiger partial charge on any atom is 0.355 e. The number of aromatic nitrogens is 1. The van der Waals surface area contributed by atoms with Gasteiger partial charge in [-0.3, -0.25) is 9.69 Å². The Morgan fingerprint density at radius 2 is 1.97 bits per heavy atom. The summed E-state index contributed by atoms with van der Waals surface area (Å²) in [4.78, 5) is 32.8. The van der Waals surface area contributed by atoms with Gasteiger partial charge in [0.25, 0.3) is 0 Å². The van der Waals surface area contributed by atoms with E-state index in [1.165, 1.54) is 16.7 Å². The SMILES string of the molecule is CC[C@H](C)[C@H](C[C@H](C[C@@H](O)c1nc(C(=O)O)cs1)C(C)C)N(C)C(=O)[C@H]1CCCCN1C. The number of carboxylic acid groups (broad SMARTS) is 1. The standard InChI is InChI=1S/C24H41N3O4S/c1-7-16(4)20(27(6)23(29)19-10-8-9-11-26(19)5)12-17(15(2)3)13-21(28)22-25-18(14-32-22)24(30)31/h14-17,19-21,28H,7-13H2,1-6H3,(H,30,31)/t16-,17+,19+,20-,21+/m0/s1. The van der Waals surface area contributed by atoms with E-state index >= 15 is 0 Å². The fourth-order valence-corrected chi connectivity index (χ4v) is 5.50. The molecule has 0 bridgehead atoms. The van der Waals surface area contributed by atoms with Crippen molar-refractivity contribution in [2.45, 2.75) is 84.4 Å². The second kappa shape index (κ2) is 12.1. The number of piperidine rings is 1. The second-order valence-corrected chi connectivity index (χ2v) is 10.7. The minimum absolute atomic E-state index is 0.0236. The third-order valence-corrected chi connectivity index (χ3v) is 8.19. The summed E-state index contributed by atoms with van der Waals surface area (Å²) in [5.41, 5.74) is -0.0236. The zero-order chi connectivity index (χ0) is 24.0. The van der Waals surface area contributed by atoms with Crippen molar-refractivity contribution in [1.82, 2.24) is 14.8 Å². The number of rotatable bonds is 11. The van der Waals surface area contributed by atoms with Crippen LogP contribution in [0.5, 0.6) is 0 Å². The summed E-state index contributed by atoms with van der Waals surface area (Å²) in [5, 5.41) is 21.8. The van der Waals surface area contributed by atoms with Gasteiger partial charge in [0, 0.05) is 18.5 Å². The first kappa shape index (κ1) is 26.7. The molecular formula is C24H41N3O4S. The molecule has 8 heteroatoms. The van der Waals surface area contributed by atoms with E-state index in [9.17, 15) is 14.7 Å². The van der Waals surface area contributed by atoms with Gasteiger partial charge < -0.3 is 15.1 Å². The first-order valence-corrected chi connectivity index (χ1v) is 12.8. The molecule has 0 unspecified atom stereocenters. The molecule has 1 aliphatic rings. The highest BCUT2D eigenvalue weighted by Gasteiger charge is 2.35. The first-order chi connectivity index (χ1) is 15.1. The molecular weight excluding hydrogens is 426 g/mol. The number of amides is 1. The largest absolute Gasteiger partial charge is 0.476 e. The van der Waals surface area contributed by atoms with Crippen molar-refractivity contribution in [2.24, 2.45) is 17.8 Å². The Morgan fingerprint density at radius 1 is 1.28 bits per heavy atom. The molecule has 1 fully saturated rings. The minimum atomic E-state index is -1.08. The third kappa shape index (κ3) is 6.75. The van der Waals surface area contributed by atoms with Gasteiger partial charge in [-0.1, -0.05) is 40.5 Å². The highest BCUT2D eigenvalue weighted by molar-refractivity contribution is 7.09. The monoisotopic (exact) mass is 467 g/mol. The predicted molar refractivity (Wildman–Crippen MR) is 128 cm³/mol. The number of thiazole rings is 1. The van der Waals surface area contributed by atoms with Crippen LogP contribution in [0.4, 0.5) is 0 Å². The molecule has 1 aliphatic heterocycles. The molecule has 5 atom stereocenters. The van der Waals surface area contributed by atoms with Crippen LogP contribution in [0.2, 0.25) is 0 Å². The highest BCUT2D eigenvalue weighted by Crippen LogP contribution is 2.34. The van der Waals surface area contributed by atoms with Crippen LogP contribution in [-0.4, -0.2) is 69.6 Å². The molecule has 1 aromatic rings. The van der Waals surface area contributed by atoms with Gasteiger partial charge in [-0.2, -0.15) is 0 Å². The fourth-order valence-electron chi connectivity index (χ4n) is 4.71. The van der Waals surface area contributed by atoms with Crippen molar-refractivity contribution in [3.05, 3.63) is 16.1 Å². The molecule has 32 heavy (non-hydrogen) atoms. The van der Waals surface area contributed by atoms with Crippen LogP contribution < -0.4 is 0 Å². The second-order valence-electron chi connectivity index (χ2n) is 9.76. The van der Waals surface area contributed by atoms with E-state index in [0.717, 1.165) is 38.6 Å². The fraction of sp³-hybridized carbons (Fsp3) is 0.792. The van der Waals surface area contributed by atoms with Gasteiger partial charge in [-0.05, 0) is 57.0 Å². The molecule has 0 aliphatic carbocycles. The molecule has 182 valence electrons. The molecule has 2 N–H and O–H groups in total. The number of likely N-dealkylation sites (N-methyl/N-ethyl adjacent to an activating group) is 2. The topological polar surface area (TPSA) is 94.0 Å². The zero-order valence-corrected chi connectivity index (χ0v) is 21.3. The summed E-state index contributed by atoms with van der Waals surface area (Å²) >= 11 is 1.19. The normalized spacial score (nSPS) is 21.2. The molecule has 1 aromatic heterocycles. The van der Waals surface area contributed by atoms with Crippen LogP contribution >= 0.6 is 11.3 Å². The number of aromatic carboxylic acids is 1. The van der Waals surface area contributed by atoms with Crippen molar-refractivity contribution >= 4 is 23.2 Å². The van der Waals surface area contributed by atoms with Crippen LogP contribution in [0.25, 0.3) is 0 Å². The Kier molecular flexibility index (Phi) is 10.1. The maximum atomic E-state index is 13.4. The summed E-state index contributed by atoms with van der Waals surface area (Å²) in [5.74, 6) is -0.0393. The highest BCUT2D eigenvalue weighted by atomic mass is 32.1. The number of carbonyl (C=O) groups excluding carboxylic acids is 1. The Balaban J connectivity index is 2.15. The maximum absolute atomic E-state index is 13.4. The van der Waals surface area contributed by atoms with Crippen LogP contribution in [0.1, 0.15) is 87.8 Å². The number of hydrogen-bond acceptors (Lipinski definition) is 6. The molecule has 0 radical (unpaired) electrons. The number of carboxylic acids is 1. The van der Waals surface area contributed by atoms with Gasteiger partial charge in [0.05, 0.1) is 6.04 Å². The van der Waals surface area contributed by atoms with Gasteiger partial charge in [-0.25, -0.2) is 9.78 Å². The third-order valence-electron chi connectivity index (χ3n) is 7.24. The number of hydrogen-bond donors (Lipinski definition) is 2. The molecule has 0 spiro atoms.